The third-order valence-electron chi connectivity index (χ3n) is 3.45. The van der Waals surface area contributed by atoms with Crippen molar-refractivity contribution < 1.29 is 14.3 Å². The van der Waals surface area contributed by atoms with Gasteiger partial charge in [-0.3, -0.25) is 4.79 Å². The van der Waals surface area contributed by atoms with E-state index in [2.05, 4.69) is 15.9 Å². The van der Waals surface area contributed by atoms with E-state index in [1.54, 1.807) is 31.3 Å². The van der Waals surface area contributed by atoms with Crippen LogP contribution in [0.2, 0.25) is 0 Å². The number of benzene rings is 2. The molecule has 1 N–H and O–H groups in total. The number of hydrogen-bond donors (Lipinski definition) is 1. The molecule has 1 amide bonds. The van der Waals surface area contributed by atoms with Gasteiger partial charge in [-0.25, -0.2) is 4.39 Å². The number of carbonyl (C=O) groups is 1. The number of nitrogens with zero attached hydrogens (tertiary/aromatic N) is 1. The number of halogens is 2. The molecule has 0 heterocycles. The first-order valence-electron chi connectivity index (χ1n) is 6.42. The molecule has 2 rings (SSSR count). The van der Waals surface area contributed by atoms with Gasteiger partial charge in [0, 0.05) is 18.2 Å². The van der Waals surface area contributed by atoms with Gasteiger partial charge in [0.05, 0.1) is 10.5 Å². The summed E-state index contributed by atoms with van der Waals surface area (Å²) in [7, 11) is 1.65. The van der Waals surface area contributed by atoms with Crippen LogP contribution < -0.4 is 0 Å². The summed E-state index contributed by atoms with van der Waals surface area (Å²) in [6, 6.07) is 10.7. The average Bonchev–Trinajstić information content (AvgIpc) is 2.48. The van der Waals surface area contributed by atoms with E-state index in [0.29, 0.717) is 11.1 Å². The highest BCUT2D eigenvalue weighted by atomic mass is 79.9. The minimum absolute atomic E-state index is 0.143. The van der Waals surface area contributed by atoms with Gasteiger partial charge in [-0.2, -0.15) is 0 Å². The zero-order chi connectivity index (χ0) is 15.6. The normalized spacial score (nSPS) is 12.0. The van der Waals surface area contributed by atoms with Crippen molar-refractivity contribution in [2.45, 2.75) is 13.0 Å². The summed E-state index contributed by atoms with van der Waals surface area (Å²) in [4.78, 5) is 13.9. The van der Waals surface area contributed by atoms with Gasteiger partial charge in [-0.1, -0.05) is 18.2 Å². The van der Waals surface area contributed by atoms with E-state index in [1.807, 2.05) is 6.92 Å². The highest BCUT2D eigenvalue weighted by Gasteiger charge is 2.21. The Morgan fingerprint density at radius 1 is 1.29 bits per heavy atom. The molecular formula is C16H15BrFNO2. The van der Waals surface area contributed by atoms with Crippen molar-refractivity contribution in [2.75, 3.05) is 7.05 Å². The Labute approximate surface area is 131 Å². The Kier molecular flexibility index (Phi) is 4.63. The molecule has 0 bridgehead atoms. The first-order chi connectivity index (χ1) is 9.91. The zero-order valence-corrected chi connectivity index (χ0v) is 13.3. The number of phenolic OH excluding ortho intramolecular Hbond substituents is 1. The van der Waals surface area contributed by atoms with E-state index in [0.717, 1.165) is 0 Å². The molecule has 3 nitrogen and oxygen atoms in total. The second-order valence-corrected chi connectivity index (χ2v) is 5.63. The second-order valence-electron chi connectivity index (χ2n) is 4.78. The highest BCUT2D eigenvalue weighted by Crippen LogP contribution is 2.28. The van der Waals surface area contributed by atoms with Crippen molar-refractivity contribution in [1.29, 1.82) is 0 Å². The van der Waals surface area contributed by atoms with E-state index in [9.17, 15) is 14.3 Å². The lowest BCUT2D eigenvalue weighted by Gasteiger charge is -2.26. The molecular weight excluding hydrogens is 337 g/mol. The molecule has 1 atom stereocenters. The van der Waals surface area contributed by atoms with Crippen LogP contribution in [-0.4, -0.2) is 23.0 Å². The molecule has 1 unspecified atom stereocenters. The summed E-state index contributed by atoms with van der Waals surface area (Å²) in [6.45, 7) is 1.82. The quantitative estimate of drug-likeness (QED) is 0.903. The van der Waals surface area contributed by atoms with E-state index < -0.39 is 5.82 Å². The van der Waals surface area contributed by atoms with Crippen molar-refractivity contribution in [1.82, 2.24) is 4.90 Å². The molecule has 2 aromatic carbocycles. The van der Waals surface area contributed by atoms with Gasteiger partial charge in [0.25, 0.3) is 5.91 Å². The van der Waals surface area contributed by atoms with Gasteiger partial charge in [-0.05, 0) is 47.1 Å². The van der Waals surface area contributed by atoms with Crippen molar-refractivity contribution in [3.63, 3.8) is 0 Å². The molecule has 0 aliphatic rings. The van der Waals surface area contributed by atoms with E-state index in [4.69, 9.17) is 0 Å². The van der Waals surface area contributed by atoms with Gasteiger partial charge in [0.2, 0.25) is 0 Å². The average molecular weight is 352 g/mol. The smallest absolute Gasteiger partial charge is 0.254 e. The summed E-state index contributed by atoms with van der Waals surface area (Å²) in [6.07, 6.45) is 0. The molecule has 21 heavy (non-hydrogen) atoms. The molecule has 0 saturated heterocycles. The van der Waals surface area contributed by atoms with Crippen molar-refractivity contribution in [2.24, 2.45) is 0 Å². The van der Waals surface area contributed by atoms with Crippen molar-refractivity contribution in [3.8, 4) is 5.75 Å². The van der Waals surface area contributed by atoms with E-state index >= 15 is 0 Å². The van der Waals surface area contributed by atoms with Gasteiger partial charge in [0.15, 0.2) is 0 Å². The maximum Gasteiger partial charge on any atom is 0.254 e. The van der Waals surface area contributed by atoms with Crippen LogP contribution in [0, 0.1) is 5.82 Å². The predicted octanol–water partition coefficient (Wildman–Crippen LogP) is 4.13. The minimum atomic E-state index is -0.414. The third kappa shape index (κ3) is 3.24. The summed E-state index contributed by atoms with van der Waals surface area (Å²) in [5.74, 6) is -0.514. The second kappa shape index (κ2) is 6.26. The number of carbonyl (C=O) groups excluding carboxylic acids is 1. The molecule has 110 valence electrons. The number of aromatic hydroxyl groups is 1. The van der Waals surface area contributed by atoms with Crippen LogP contribution in [0.3, 0.4) is 0 Å². The van der Waals surface area contributed by atoms with Crippen molar-refractivity contribution in [3.05, 3.63) is 63.9 Å². The molecule has 0 aromatic heterocycles. The first kappa shape index (κ1) is 15.5. The molecule has 0 radical (unpaired) electrons. The maximum absolute atomic E-state index is 13.2. The lowest BCUT2D eigenvalue weighted by atomic mass is 10.1. The fourth-order valence-electron chi connectivity index (χ4n) is 2.06. The molecule has 0 aliphatic heterocycles. The largest absolute Gasteiger partial charge is 0.508 e. The zero-order valence-electron chi connectivity index (χ0n) is 11.7. The monoisotopic (exact) mass is 351 g/mol. The van der Waals surface area contributed by atoms with E-state index in [-0.39, 0.29) is 22.2 Å². The number of phenols is 1. The Hall–Kier alpha value is -1.88. The van der Waals surface area contributed by atoms with Crippen LogP contribution in [0.25, 0.3) is 0 Å². The molecule has 0 saturated carbocycles. The predicted molar refractivity (Wildman–Crippen MR) is 82.7 cm³/mol. The lowest BCUT2D eigenvalue weighted by molar-refractivity contribution is 0.0741. The van der Waals surface area contributed by atoms with Crippen LogP contribution >= 0.6 is 15.9 Å². The molecule has 5 heteroatoms. The van der Waals surface area contributed by atoms with Gasteiger partial charge in [0.1, 0.15) is 11.6 Å². The molecule has 2 aromatic rings. The molecule has 0 aliphatic carbocycles. The van der Waals surface area contributed by atoms with Gasteiger partial charge in [-0.15, -0.1) is 0 Å². The third-order valence-corrected chi connectivity index (χ3v) is 4.06. The van der Waals surface area contributed by atoms with Gasteiger partial charge >= 0.3 is 0 Å². The minimum Gasteiger partial charge on any atom is -0.508 e. The lowest BCUT2D eigenvalue weighted by Crippen LogP contribution is -2.29. The topological polar surface area (TPSA) is 40.5 Å². The summed E-state index contributed by atoms with van der Waals surface area (Å²) in [5.41, 5.74) is 1.04. The standard InChI is InChI=1S/C16H15BrFNO2/c1-10(12-5-3-4-6-15(12)20)19(2)16(21)11-7-8-14(18)13(17)9-11/h3-10,20H,1-2H3. The fourth-order valence-corrected chi connectivity index (χ4v) is 2.44. The van der Waals surface area contributed by atoms with Crippen molar-refractivity contribution >= 4 is 21.8 Å². The summed E-state index contributed by atoms with van der Waals surface area (Å²) >= 11 is 3.07. The summed E-state index contributed by atoms with van der Waals surface area (Å²) in [5, 5.41) is 9.87. The van der Waals surface area contributed by atoms with Crippen LogP contribution in [0.15, 0.2) is 46.9 Å². The van der Waals surface area contributed by atoms with Gasteiger partial charge < -0.3 is 10.0 Å². The number of para-hydroxylation sites is 1. The Morgan fingerprint density at radius 3 is 2.57 bits per heavy atom. The number of rotatable bonds is 3. The molecule has 0 fully saturated rings. The Bertz CT molecular complexity index is 675. The van der Waals surface area contributed by atoms with Crippen LogP contribution in [0.5, 0.6) is 5.75 Å². The molecule has 0 spiro atoms. The fraction of sp³-hybridized carbons (Fsp3) is 0.188. The first-order valence-corrected chi connectivity index (χ1v) is 7.21. The SMILES string of the molecule is CC(c1ccccc1O)N(C)C(=O)c1ccc(F)c(Br)c1. The Morgan fingerprint density at radius 2 is 1.95 bits per heavy atom. The Balaban J connectivity index is 2.26. The highest BCUT2D eigenvalue weighted by molar-refractivity contribution is 9.10. The van der Waals surface area contributed by atoms with E-state index in [1.165, 1.54) is 23.1 Å². The number of hydrogen-bond acceptors (Lipinski definition) is 2. The maximum atomic E-state index is 13.2. The number of amides is 1. The van der Waals surface area contributed by atoms with Crippen LogP contribution in [-0.2, 0) is 0 Å². The van der Waals surface area contributed by atoms with Crippen LogP contribution in [0.1, 0.15) is 28.9 Å². The summed E-state index contributed by atoms with van der Waals surface area (Å²) < 4.78 is 13.5. The van der Waals surface area contributed by atoms with Crippen LogP contribution in [0.4, 0.5) is 4.39 Å².